The molecule has 61 heavy (non-hydrogen) atoms. The molecule has 0 bridgehead atoms. The van der Waals surface area contributed by atoms with E-state index in [1.807, 2.05) is 24.3 Å². The lowest BCUT2D eigenvalue weighted by Gasteiger charge is -2.37. The second-order valence-corrected chi connectivity index (χ2v) is 15.4. The molecule has 1 aromatic heterocycles. The number of halogens is 2. The lowest BCUT2D eigenvalue weighted by atomic mass is 9.91. The van der Waals surface area contributed by atoms with Gasteiger partial charge in [-0.15, -0.1) is 0 Å². The number of hydrogen-bond donors (Lipinski definition) is 3. The minimum absolute atomic E-state index is 0.00506. The predicted molar refractivity (Wildman–Crippen MR) is 227 cm³/mol. The van der Waals surface area contributed by atoms with Crippen LogP contribution in [0.25, 0.3) is 11.1 Å². The summed E-state index contributed by atoms with van der Waals surface area (Å²) in [6.07, 6.45) is 0.638. The maximum Gasteiger partial charge on any atom is 0.326 e. The van der Waals surface area contributed by atoms with Crippen LogP contribution in [-0.2, 0) is 40.4 Å². The van der Waals surface area contributed by atoms with Crippen LogP contribution in [0, 0.1) is 11.3 Å². The number of aliphatic carboxylic acids is 1. The van der Waals surface area contributed by atoms with Crippen molar-refractivity contribution >= 4 is 52.6 Å². The Labute approximate surface area is 360 Å². The number of benzene rings is 5. The molecule has 8 rings (SSSR count). The summed E-state index contributed by atoms with van der Waals surface area (Å²) in [5.74, 6) is -1.72. The van der Waals surface area contributed by atoms with Gasteiger partial charge in [-0.1, -0.05) is 89.9 Å². The molecule has 3 N–H and O–H groups in total. The van der Waals surface area contributed by atoms with Crippen molar-refractivity contribution in [1.29, 1.82) is 5.26 Å². The van der Waals surface area contributed by atoms with E-state index < -0.39 is 41.9 Å². The average molecular weight is 853 g/mol. The van der Waals surface area contributed by atoms with E-state index in [9.17, 15) is 24.3 Å². The lowest BCUT2D eigenvalue weighted by Crippen LogP contribution is -2.56. The van der Waals surface area contributed by atoms with Crippen LogP contribution < -0.4 is 20.1 Å². The minimum atomic E-state index is -1.29. The van der Waals surface area contributed by atoms with Gasteiger partial charge in [-0.05, 0) is 82.4 Å². The number of pyridine rings is 1. The van der Waals surface area contributed by atoms with Crippen molar-refractivity contribution < 1.29 is 33.8 Å². The molecule has 304 valence electrons. The van der Waals surface area contributed by atoms with E-state index in [-0.39, 0.29) is 31.1 Å². The number of nitrogens with one attached hydrogen (secondary N) is 2. The molecule has 2 aliphatic heterocycles. The molecule has 0 saturated heterocycles. The van der Waals surface area contributed by atoms with E-state index >= 15 is 0 Å². The zero-order valence-electron chi connectivity index (χ0n) is 32.2. The summed E-state index contributed by atoms with van der Waals surface area (Å²) in [7, 11) is 0. The van der Waals surface area contributed by atoms with Gasteiger partial charge in [0.05, 0.1) is 22.3 Å². The summed E-state index contributed by atoms with van der Waals surface area (Å²) in [6.45, 7) is 0.219. The Morgan fingerprint density at radius 2 is 1.62 bits per heavy atom. The van der Waals surface area contributed by atoms with E-state index in [0.29, 0.717) is 55.6 Å². The van der Waals surface area contributed by atoms with Crippen molar-refractivity contribution in [3.05, 3.63) is 177 Å². The van der Waals surface area contributed by atoms with Crippen molar-refractivity contribution in [2.45, 2.75) is 44.2 Å². The van der Waals surface area contributed by atoms with Gasteiger partial charge in [-0.3, -0.25) is 14.4 Å². The van der Waals surface area contributed by atoms with E-state index in [4.69, 9.17) is 37.9 Å². The van der Waals surface area contributed by atoms with Crippen molar-refractivity contribution in [1.82, 2.24) is 15.2 Å². The van der Waals surface area contributed by atoms with E-state index in [1.54, 1.807) is 103 Å². The Balaban J connectivity index is 0.991. The first-order valence-corrected chi connectivity index (χ1v) is 19.9. The minimum Gasteiger partial charge on any atom is -0.489 e. The monoisotopic (exact) mass is 851 g/mol. The summed E-state index contributed by atoms with van der Waals surface area (Å²) in [6, 6.07) is 34.8. The van der Waals surface area contributed by atoms with Crippen LogP contribution in [0.2, 0.25) is 10.2 Å². The molecule has 3 heterocycles. The van der Waals surface area contributed by atoms with Gasteiger partial charge in [0.2, 0.25) is 12.0 Å². The third-order valence-corrected chi connectivity index (χ3v) is 11.2. The number of fused-ring (bicyclic) bond motifs is 2. The number of carboxylic acids is 1. The van der Waals surface area contributed by atoms with Crippen LogP contribution in [-0.4, -0.2) is 50.8 Å². The highest BCUT2D eigenvalue weighted by Crippen LogP contribution is 2.40. The highest BCUT2D eigenvalue weighted by Gasteiger charge is 2.39. The van der Waals surface area contributed by atoms with Crippen molar-refractivity contribution in [3.8, 4) is 28.7 Å². The van der Waals surface area contributed by atoms with Crippen LogP contribution in [0.5, 0.6) is 11.5 Å². The Bertz CT molecular complexity index is 2690. The molecule has 0 saturated carbocycles. The fourth-order valence-electron chi connectivity index (χ4n) is 7.32. The Morgan fingerprint density at radius 3 is 2.30 bits per heavy atom. The quantitative estimate of drug-likeness (QED) is 0.109. The SMILES string of the molecule is N#Cc1ccc(-c2ccc(CC(NC(=O)[C@@H]3Cc4cc5c(cc4CN3C(=O)c3ccccc3)O[C@@H](c3ccc(OCc4cnc(Cl)c(Cl)c4)cc3)C(=O)N5)C(=O)O)cc2)cc1. The van der Waals surface area contributed by atoms with Gasteiger partial charge < -0.3 is 30.1 Å². The number of ether oxygens (including phenoxy) is 2. The summed E-state index contributed by atoms with van der Waals surface area (Å²) in [5.41, 5.74) is 6.49. The fraction of sp³-hybridized carbons (Fsp3) is 0.149. The van der Waals surface area contributed by atoms with Gasteiger partial charge in [0.25, 0.3) is 11.8 Å². The molecule has 14 heteroatoms. The molecular weight excluding hydrogens is 817 g/mol. The first-order chi connectivity index (χ1) is 29.5. The molecule has 2 aliphatic rings. The highest BCUT2D eigenvalue weighted by atomic mass is 35.5. The summed E-state index contributed by atoms with van der Waals surface area (Å²) in [4.78, 5) is 59.7. The highest BCUT2D eigenvalue weighted by molar-refractivity contribution is 6.41. The third-order valence-electron chi connectivity index (χ3n) is 10.6. The largest absolute Gasteiger partial charge is 0.489 e. The normalized spacial score (nSPS) is 15.8. The molecule has 0 spiro atoms. The molecule has 0 fully saturated rings. The third kappa shape index (κ3) is 9.04. The van der Waals surface area contributed by atoms with Crippen molar-refractivity contribution in [3.63, 3.8) is 0 Å². The average Bonchev–Trinajstić information content (AvgIpc) is 3.28. The zero-order valence-corrected chi connectivity index (χ0v) is 33.7. The molecule has 0 radical (unpaired) electrons. The number of carboxylic acid groups (broad SMARTS) is 1. The zero-order chi connectivity index (χ0) is 42.6. The Morgan fingerprint density at radius 1 is 0.918 bits per heavy atom. The summed E-state index contributed by atoms with van der Waals surface area (Å²) >= 11 is 12.0. The van der Waals surface area contributed by atoms with Gasteiger partial charge in [-0.2, -0.15) is 5.26 Å². The molecule has 3 amide bonds. The molecule has 5 aromatic carbocycles. The smallest absolute Gasteiger partial charge is 0.326 e. The predicted octanol–water partition coefficient (Wildman–Crippen LogP) is 7.96. The fourth-order valence-corrected chi connectivity index (χ4v) is 7.62. The molecule has 12 nitrogen and oxygen atoms in total. The van der Waals surface area contributed by atoms with Crippen LogP contribution >= 0.6 is 23.2 Å². The number of rotatable bonds is 11. The standard InChI is InChI=1S/C47H35Cl2N5O7/c48-37-18-29(24-51-43(37)49)26-60-36-16-14-32(15-17-36)42-45(56)52-38-20-34-21-40(54(25-35(34)22-41(38)61-42)46(57)33-4-2-1-3-5-33)44(55)53-39(47(58)59)19-27-6-10-30(11-7-27)31-12-8-28(23-50)9-13-31/h1-18,20,22,24,39-40,42H,19,21,25-26H2,(H,52,56)(H,53,55)(H,58,59)/t39?,40-,42-/m0/s1. The Hall–Kier alpha value is -7.20. The number of aromatic nitrogens is 1. The molecule has 6 aromatic rings. The second kappa shape index (κ2) is 17.6. The molecule has 1 unspecified atom stereocenters. The van der Waals surface area contributed by atoms with Crippen LogP contribution in [0.3, 0.4) is 0 Å². The first kappa shape index (κ1) is 40.6. The number of carbonyl (C=O) groups is 4. The number of hydrogen-bond acceptors (Lipinski definition) is 8. The number of nitrogens with zero attached hydrogens (tertiary/aromatic N) is 3. The lowest BCUT2D eigenvalue weighted by molar-refractivity contribution is -0.142. The number of carbonyl (C=O) groups excluding carboxylic acids is 3. The van der Waals surface area contributed by atoms with E-state index in [2.05, 4.69) is 21.7 Å². The van der Waals surface area contributed by atoms with Crippen molar-refractivity contribution in [2.24, 2.45) is 0 Å². The van der Waals surface area contributed by atoms with Gasteiger partial charge in [0, 0.05) is 42.3 Å². The van der Waals surface area contributed by atoms with E-state index in [0.717, 1.165) is 16.7 Å². The Kier molecular flexibility index (Phi) is 11.7. The molecular formula is C47H35Cl2N5O7. The van der Waals surface area contributed by atoms with Gasteiger partial charge in [-0.25, -0.2) is 9.78 Å². The van der Waals surface area contributed by atoms with Gasteiger partial charge in [0.1, 0.15) is 35.3 Å². The summed E-state index contributed by atoms with van der Waals surface area (Å²) in [5, 5.41) is 25.5. The van der Waals surface area contributed by atoms with Crippen LogP contribution in [0.4, 0.5) is 5.69 Å². The van der Waals surface area contributed by atoms with Crippen LogP contribution in [0.15, 0.2) is 128 Å². The maximum absolute atomic E-state index is 14.1. The number of nitriles is 1. The molecule has 0 aliphatic carbocycles. The number of amides is 3. The number of anilines is 1. The summed E-state index contributed by atoms with van der Waals surface area (Å²) < 4.78 is 12.1. The topological polar surface area (TPSA) is 171 Å². The van der Waals surface area contributed by atoms with E-state index in [1.165, 1.54) is 4.90 Å². The van der Waals surface area contributed by atoms with Crippen molar-refractivity contribution in [2.75, 3.05) is 5.32 Å². The molecule has 3 atom stereocenters. The maximum atomic E-state index is 14.1. The van der Waals surface area contributed by atoms with Gasteiger partial charge in [0.15, 0.2) is 0 Å². The second-order valence-electron chi connectivity index (χ2n) is 14.6. The first-order valence-electron chi connectivity index (χ1n) is 19.2. The van der Waals surface area contributed by atoms with Crippen LogP contribution in [0.1, 0.15) is 49.8 Å². The van der Waals surface area contributed by atoms with Gasteiger partial charge >= 0.3 is 5.97 Å².